The summed E-state index contributed by atoms with van der Waals surface area (Å²) in [7, 11) is 0. The number of halogens is 1. The fraction of sp³-hybridized carbons (Fsp3) is 0.333. The summed E-state index contributed by atoms with van der Waals surface area (Å²) in [6.45, 7) is 4.82. The highest BCUT2D eigenvalue weighted by atomic mass is 35.5. The Morgan fingerprint density at radius 3 is 2.48 bits per heavy atom. The zero-order valence-electron chi connectivity index (χ0n) is 16.2. The number of hydrogen-bond donors (Lipinski definition) is 1. The molecule has 0 spiro atoms. The molecule has 0 saturated heterocycles. The zero-order valence-corrected chi connectivity index (χ0v) is 17.0. The van der Waals surface area contributed by atoms with E-state index in [-0.39, 0.29) is 28.1 Å². The number of carbonyl (C=O) groups is 2. The second-order valence-corrected chi connectivity index (χ2v) is 7.80. The van der Waals surface area contributed by atoms with Crippen LogP contribution in [0, 0.1) is 16.0 Å². The largest absolute Gasteiger partial charge is 0.340 e. The van der Waals surface area contributed by atoms with Crippen molar-refractivity contribution in [1.82, 2.24) is 10.2 Å². The molecule has 3 rings (SSSR count). The Morgan fingerprint density at radius 1 is 1.17 bits per heavy atom. The van der Waals surface area contributed by atoms with Crippen molar-refractivity contribution in [1.29, 1.82) is 0 Å². The highest BCUT2D eigenvalue weighted by Gasteiger charge is 2.31. The van der Waals surface area contributed by atoms with Crippen molar-refractivity contribution < 1.29 is 14.5 Å². The molecule has 0 aromatic heterocycles. The van der Waals surface area contributed by atoms with E-state index in [0.717, 1.165) is 18.1 Å². The molecule has 0 bridgehead atoms. The van der Waals surface area contributed by atoms with Gasteiger partial charge in [0.1, 0.15) is 6.04 Å². The van der Waals surface area contributed by atoms with E-state index in [9.17, 15) is 19.7 Å². The Hall–Kier alpha value is -2.93. The third-order valence-corrected chi connectivity index (χ3v) is 5.38. The number of carbonyl (C=O) groups excluding carboxylic acids is 2. The first-order valence-corrected chi connectivity index (χ1v) is 9.76. The topological polar surface area (TPSA) is 92.5 Å². The van der Waals surface area contributed by atoms with Crippen molar-refractivity contribution in [2.75, 3.05) is 6.54 Å². The first-order chi connectivity index (χ1) is 13.8. The SMILES string of the molecule is CC(C)C(NC(=O)c1ccc([N+](=O)[O-])cc1Cl)C(=O)N1CCc2ccccc2C1. The minimum atomic E-state index is -0.723. The summed E-state index contributed by atoms with van der Waals surface area (Å²) in [5, 5.41) is 13.6. The first-order valence-electron chi connectivity index (χ1n) is 9.38. The van der Waals surface area contributed by atoms with Crippen LogP contribution >= 0.6 is 11.6 Å². The Bertz CT molecular complexity index is 961. The Morgan fingerprint density at radius 2 is 1.86 bits per heavy atom. The van der Waals surface area contributed by atoms with E-state index in [4.69, 9.17) is 11.6 Å². The molecule has 2 amide bonds. The molecule has 2 aromatic carbocycles. The highest BCUT2D eigenvalue weighted by Crippen LogP contribution is 2.24. The zero-order chi connectivity index (χ0) is 21.1. The first kappa shape index (κ1) is 20.8. The second-order valence-electron chi connectivity index (χ2n) is 7.39. The number of hydrogen-bond acceptors (Lipinski definition) is 4. The molecule has 0 radical (unpaired) electrons. The van der Waals surface area contributed by atoms with E-state index in [1.165, 1.54) is 17.7 Å². The van der Waals surface area contributed by atoms with Crippen molar-refractivity contribution >= 4 is 29.1 Å². The van der Waals surface area contributed by atoms with Gasteiger partial charge in [-0.1, -0.05) is 49.7 Å². The van der Waals surface area contributed by atoms with Crippen LogP contribution in [0.15, 0.2) is 42.5 Å². The fourth-order valence-corrected chi connectivity index (χ4v) is 3.68. The molecule has 0 saturated carbocycles. The number of nitrogens with zero attached hydrogens (tertiary/aromatic N) is 2. The Kier molecular flexibility index (Phi) is 6.17. The maximum absolute atomic E-state index is 13.1. The van der Waals surface area contributed by atoms with Gasteiger partial charge in [0.15, 0.2) is 0 Å². The van der Waals surface area contributed by atoms with Gasteiger partial charge < -0.3 is 10.2 Å². The molecule has 1 atom stereocenters. The van der Waals surface area contributed by atoms with Gasteiger partial charge in [-0.05, 0) is 29.5 Å². The van der Waals surface area contributed by atoms with E-state index in [1.807, 2.05) is 32.0 Å². The predicted octanol–water partition coefficient (Wildman–Crippen LogP) is 3.59. The van der Waals surface area contributed by atoms with Gasteiger partial charge in [0.2, 0.25) is 5.91 Å². The third kappa shape index (κ3) is 4.56. The number of nitro groups is 1. The molecule has 0 aliphatic carbocycles. The van der Waals surface area contributed by atoms with E-state index in [0.29, 0.717) is 13.1 Å². The number of rotatable bonds is 5. The van der Waals surface area contributed by atoms with Crippen molar-refractivity contribution in [2.24, 2.45) is 5.92 Å². The van der Waals surface area contributed by atoms with Crippen molar-refractivity contribution in [3.8, 4) is 0 Å². The normalized spacial score (nSPS) is 14.3. The van der Waals surface area contributed by atoms with Crippen molar-refractivity contribution in [3.05, 3.63) is 74.3 Å². The molecule has 1 heterocycles. The van der Waals surface area contributed by atoms with Gasteiger partial charge in [0, 0.05) is 25.2 Å². The standard InChI is InChI=1S/C21H22ClN3O4/c1-13(2)19(21(27)24-10-9-14-5-3-4-6-15(14)12-24)23-20(26)17-8-7-16(25(28)29)11-18(17)22/h3-8,11,13,19H,9-10,12H2,1-2H3,(H,23,26). The van der Waals surface area contributed by atoms with Crippen molar-refractivity contribution in [3.63, 3.8) is 0 Å². The molecular formula is C21H22ClN3O4. The molecular weight excluding hydrogens is 394 g/mol. The summed E-state index contributed by atoms with van der Waals surface area (Å²) in [5.41, 5.74) is 2.24. The number of fused-ring (bicyclic) bond motifs is 1. The second kappa shape index (κ2) is 8.61. The van der Waals surface area contributed by atoms with Crippen LogP contribution in [-0.2, 0) is 17.8 Å². The predicted molar refractivity (Wildman–Crippen MR) is 110 cm³/mol. The lowest BCUT2D eigenvalue weighted by Gasteiger charge is -2.33. The van der Waals surface area contributed by atoms with Gasteiger partial charge in [-0.2, -0.15) is 0 Å². The molecule has 0 fully saturated rings. The van der Waals surface area contributed by atoms with Crippen LogP contribution in [0.2, 0.25) is 5.02 Å². The minimum absolute atomic E-state index is 0.0291. The Labute approximate surface area is 173 Å². The maximum Gasteiger partial charge on any atom is 0.270 e. The number of benzene rings is 2. The van der Waals surface area contributed by atoms with Gasteiger partial charge in [-0.3, -0.25) is 19.7 Å². The average Bonchev–Trinajstić information content (AvgIpc) is 2.70. The van der Waals surface area contributed by atoms with Gasteiger partial charge in [0.25, 0.3) is 11.6 Å². The van der Waals surface area contributed by atoms with E-state index >= 15 is 0 Å². The van der Waals surface area contributed by atoms with Crippen LogP contribution in [0.3, 0.4) is 0 Å². The molecule has 1 N–H and O–H groups in total. The van der Waals surface area contributed by atoms with Crippen LogP contribution < -0.4 is 5.32 Å². The Balaban J connectivity index is 1.76. The van der Waals surface area contributed by atoms with E-state index in [2.05, 4.69) is 11.4 Å². The molecule has 1 aliphatic heterocycles. The van der Waals surface area contributed by atoms with Crippen LogP contribution in [0.4, 0.5) is 5.69 Å². The van der Waals surface area contributed by atoms with Crippen LogP contribution in [0.1, 0.15) is 35.3 Å². The quantitative estimate of drug-likeness (QED) is 0.596. The summed E-state index contributed by atoms with van der Waals surface area (Å²) >= 11 is 6.06. The lowest BCUT2D eigenvalue weighted by Crippen LogP contribution is -2.52. The van der Waals surface area contributed by atoms with E-state index in [1.54, 1.807) is 4.90 Å². The minimum Gasteiger partial charge on any atom is -0.340 e. The average molecular weight is 416 g/mol. The van der Waals surface area contributed by atoms with Gasteiger partial charge in [0.05, 0.1) is 15.5 Å². The lowest BCUT2D eigenvalue weighted by molar-refractivity contribution is -0.384. The number of nitro benzene ring substituents is 1. The summed E-state index contributed by atoms with van der Waals surface area (Å²) in [4.78, 5) is 37.9. The summed E-state index contributed by atoms with van der Waals surface area (Å²) in [6, 6.07) is 10.9. The highest BCUT2D eigenvalue weighted by molar-refractivity contribution is 6.34. The summed E-state index contributed by atoms with van der Waals surface area (Å²) in [6.07, 6.45) is 0.773. The third-order valence-electron chi connectivity index (χ3n) is 5.07. The van der Waals surface area contributed by atoms with E-state index < -0.39 is 16.9 Å². The van der Waals surface area contributed by atoms with Gasteiger partial charge >= 0.3 is 0 Å². The molecule has 8 heteroatoms. The maximum atomic E-state index is 13.1. The van der Waals surface area contributed by atoms with Gasteiger partial charge in [-0.25, -0.2) is 0 Å². The van der Waals surface area contributed by atoms with Crippen LogP contribution in [0.25, 0.3) is 0 Å². The number of non-ortho nitro benzene ring substituents is 1. The van der Waals surface area contributed by atoms with Gasteiger partial charge in [-0.15, -0.1) is 0 Å². The van der Waals surface area contributed by atoms with Crippen LogP contribution in [0.5, 0.6) is 0 Å². The number of nitrogens with one attached hydrogen (secondary N) is 1. The monoisotopic (exact) mass is 415 g/mol. The fourth-order valence-electron chi connectivity index (χ4n) is 3.41. The lowest BCUT2D eigenvalue weighted by atomic mass is 9.97. The number of amides is 2. The molecule has 1 unspecified atom stereocenters. The molecule has 29 heavy (non-hydrogen) atoms. The van der Waals surface area contributed by atoms with Crippen LogP contribution in [-0.4, -0.2) is 34.2 Å². The summed E-state index contributed by atoms with van der Waals surface area (Å²) < 4.78 is 0. The van der Waals surface area contributed by atoms with Crippen molar-refractivity contribution in [2.45, 2.75) is 32.9 Å². The molecule has 2 aromatic rings. The smallest absolute Gasteiger partial charge is 0.270 e. The molecule has 152 valence electrons. The summed E-state index contributed by atoms with van der Waals surface area (Å²) in [5.74, 6) is -0.823. The molecule has 7 nitrogen and oxygen atoms in total. The molecule has 1 aliphatic rings.